The van der Waals surface area contributed by atoms with Crippen molar-refractivity contribution < 1.29 is 28.7 Å². The number of carbonyl (C=O) groups is 4. The Morgan fingerprint density at radius 3 is 1.89 bits per heavy atom. The molecule has 0 aliphatic heterocycles. The predicted octanol–water partition coefficient (Wildman–Crippen LogP) is 5.73. The average Bonchev–Trinajstić information content (AvgIpc) is 3.78. The molecule has 4 unspecified atom stereocenters. The molecule has 9 heteroatoms. The summed E-state index contributed by atoms with van der Waals surface area (Å²) in [6, 6.07) is 15.3. The second-order valence-corrected chi connectivity index (χ2v) is 13.6. The maximum atomic E-state index is 14.4. The number of nitrogens with one attached hydrogen (secondary N) is 2. The molecule has 1 saturated carbocycles. The first-order valence-corrected chi connectivity index (χ1v) is 15.5. The molecular formula is C35H49N3O6. The second kappa shape index (κ2) is 14.7. The highest BCUT2D eigenvalue weighted by Gasteiger charge is 2.45. The number of rotatable bonds is 12. The van der Waals surface area contributed by atoms with Crippen LogP contribution in [-0.2, 0) is 30.3 Å². The van der Waals surface area contributed by atoms with Crippen LogP contribution >= 0.6 is 0 Å². The molecule has 0 bridgehead atoms. The number of ether oxygens (including phenoxy) is 2. The molecule has 3 amide bonds. The highest BCUT2D eigenvalue weighted by molar-refractivity contribution is 5.94. The highest BCUT2D eigenvalue weighted by Crippen LogP contribution is 2.36. The predicted molar refractivity (Wildman–Crippen MR) is 170 cm³/mol. The van der Waals surface area contributed by atoms with Crippen molar-refractivity contribution in [1.29, 1.82) is 0 Å². The second-order valence-electron chi connectivity index (χ2n) is 13.6. The average molecular weight is 608 g/mol. The van der Waals surface area contributed by atoms with Gasteiger partial charge in [-0.05, 0) is 71.4 Å². The molecule has 2 aromatic carbocycles. The first-order chi connectivity index (χ1) is 20.6. The van der Waals surface area contributed by atoms with Gasteiger partial charge in [0.15, 0.2) is 0 Å². The third-order valence-corrected chi connectivity index (χ3v) is 7.28. The zero-order valence-corrected chi connectivity index (χ0v) is 27.4. The minimum atomic E-state index is -1.04. The molecule has 3 rings (SSSR count). The Kier molecular flexibility index (Phi) is 11.6. The van der Waals surface area contributed by atoms with Crippen LogP contribution in [0.5, 0.6) is 0 Å². The van der Waals surface area contributed by atoms with Crippen molar-refractivity contribution in [2.45, 2.75) is 116 Å². The minimum Gasteiger partial charge on any atom is -0.458 e. The lowest BCUT2D eigenvalue weighted by atomic mass is 9.95. The van der Waals surface area contributed by atoms with Gasteiger partial charge in [-0.3, -0.25) is 9.59 Å². The van der Waals surface area contributed by atoms with Crippen molar-refractivity contribution in [2.75, 3.05) is 0 Å². The summed E-state index contributed by atoms with van der Waals surface area (Å²) in [6.45, 7) is 14.4. The Bertz CT molecular complexity index is 1260. The molecule has 1 fully saturated rings. The quantitative estimate of drug-likeness (QED) is 0.298. The Balaban J connectivity index is 2.00. The molecule has 1 aliphatic carbocycles. The van der Waals surface area contributed by atoms with E-state index in [1.54, 1.807) is 58.6 Å². The van der Waals surface area contributed by atoms with E-state index in [1.165, 1.54) is 0 Å². The van der Waals surface area contributed by atoms with Crippen molar-refractivity contribution in [3.63, 3.8) is 0 Å². The van der Waals surface area contributed by atoms with Crippen molar-refractivity contribution in [3.8, 4) is 0 Å². The summed E-state index contributed by atoms with van der Waals surface area (Å²) in [5.74, 6) is -1.66. The summed E-state index contributed by atoms with van der Waals surface area (Å²) < 4.78 is 11.2. The van der Waals surface area contributed by atoms with Gasteiger partial charge in [0.05, 0.1) is 0 Å². The summed E-state index contributed by atoms with van der Waals surface area (Å²) in [6.07, 6.45) is 1.59. The van der Waals surface area contributed by atoms with E-state index in [0.29, 0.717) is 12.0 Å². The van der Waals surface area contributed by atoms with Crippen molar-refractivity contribution in [2.24, 2.45) is 5.92 Å². The highest BCUT2D eigenvalue weighted by atomic mass is 16.6. The zero-order valence-electron chi connectivity index (χ0n) is 27.4. The standard InChI is InChI=1S/C35H49N3O6/c1-9-23(2)28(37-33(42)44-35(6,7)8)31(40)38(26-20-21-26)29(25-18-14-11-15-19-25)30(39)36-27(32(41)43-34(3,4)5)22-24-16-12-10-13-17-24/h10-19,23,26-29H,9,20-22H2,1-8H3,(H,36,39)(H,37,42). The number of alkyl carbamates (subject to hydrolysis) is 1. The van der Waals surface area contributed by atoms with E-state index in [9.17, 15) is 19.2 Å². The molecule has 0 aromatic heterocycles. The molecule has 0 saturated heterocycles. The van der Waals surface area contributed by atoms with Gasteiger partial charge in [-0.15, -0.1) is 0 Å². The fraction of sp³-hybridized carbons (Fsp3) is 0.543. The molecule has 2 N–H and O–H groups in total. The maximum Gasteiger partial charge on any atom is 0.408 e. The van der Waals surface area contributed by atoms with E-state index in [1.807, 2.05) is 62.4 Å². The molecule has 4 atom stereocenters. The Morgan fingerprint density at radius 2 is 1.39 bits per heavy atom. The van der Waals surface area contributed by atoms with Gasteiger partial charge < -0.3 is 25.0 Å². The van der Waals surface area contributed by atoms with E-state index in [4.69, 9.17) is 9.47 Å². The molecule has 0 radical (unpaired) electrons. The fourth-order valence-electron chi connectivity index (χ4n) is 4.89. The van der Waals surface area contributed by atoms with Crippen molar-refractivity contribution in [3.05, 3.63) is 71.8 Å². The summed E-state index contributed by atoms with van der Waals surface area (Å²) in [5.41, 5.74) is -0.0466. The van der Waals surface area contributed by atoms with Crippen LogP contribution in [0, 0.1) is 5.92 Å². The van der Waals surface area contributed by atoms with Crippen molar-refractivity contribution >= 4 is 23.9 Å². The number of hydrogen-bond donors (Lipinski definition) is 2. The van der Waals surface area contributed by atoms with Crippen LogP contribution in [0.4, 0.5) is 4.79 Å². The first kappa shape index (κ1) is 34.6. The van der Waals surface area contributed by atoms with Crippen LogP contribution in [0.1, 0.15) is 91.8 Å². The number of hydrogen-bond acceptors (Lipinski definition) is 6. The zero-order chi connectivity index (χ0) is 32.7. The lowest BCUT2D eigenvalue weighted by Gasteiger charge is -2.37. The Morgan fingerprint density at radius 1 is 0.841 bits per heavy atom. The van der Waals surface area contributed by atoms with Crippen molar-refractivity contribution in [1.82, 2.24) is 15.5 Å². The van der Waals surface area contributed by atoms with Crippen LogP contribution in [0.25, 0.3) is 0 Å². The van der Waals surface area contributed by atoms with Crippen LogP contribution in [0.2, 0.25) is 0 Å². The summed E-state index contributed by atoms with van der Waals surface area (Å²) in [7, 11) is 0. The normalized spacial score (nSPS) is 16.1. The van der Waals surface area contributed by atoms with E-state index in [-0.39, 0.29) is 24.3 Å². The van der Waals surface area contributed by atoms with Crippen LogP contribution in [0.3, 0.4) is 0 Å². The summed E-state index contributed by atoms with van der Waals surface area (Å²) in [5, 5.41) is 5.73. The largest absolute Gasteiger partial charge is 0.458 e. The molecule has 1 aliphatic rings. The van der Waals surface area contributed by atoms with Gasteiger partial charge >= 0.3 is 12.1 Å². The fourth-order valence-corrected chi connectivity index (χ4v) is 4.89. The minimum absolute atomic E-state index is 0.195. The summed E-state index contributed by atoms with van der Waals surface area (Å²) in [4.78, 5) is 56.6. The first-order valence-electron chi connectivity index (χ1n) is 15.5. The van der Waals surface area contributed by atoms with E-state index in [0.717, 1.165) is 18.4 Å². The number of nitrogens with zero attached hydrogens (tertiary/aromatic N) is 1. The van der Waals surface area contributed by atoms with Crippen LogP contribution < -0.4 is 10.6 Å². The monoisotopic (exact) mass is 607 g/mol. The smallest absolute Gasteiger partial charge is 0.408 e. The molecule has 0 spiro atoms. The molecule has 0 heterocycles. The molecule has 2 aromatic rings. The van der Waals surface area contributed by atoms with Crippen LogP contribution in [0.15, 0.2) is 60.7 Å². The molecule has 9 nitrogen and oxygen atoms in total. The summed E-state index contributed by atoms with van der Waals surface area (Å²) >= 11 is 0. The van der Waals surface area contributed by atoms with Gasteiger partial charge in [-0.2, -0.15) is 0 Å². The van der Waals surface area contributed by atoms with Gasteiger partial charge in [0.1, 0.15) is 29.3 Å². The Hall–Kier alpha value is -3.88. The lowest BCUT2D eigenvalue weighted by Crippen LogP contribution is -2.57. The van der Waals surface area contributed by atoms with Gasteiger partial charge in [-0.25, -0.2) is 9.59 Å². The molecule has 240 valence electrons. The van der Waals surface area contributed by atoms with E-state index in [2.05, 4.69) is 10.6 Å². The van der Waals surface area contributed by atoms with Gasteiger partial charge in [0.25, 0.3) is 0 Å². The maximum absolute atomic E-state index is 14.4. The lowest BCUT2D eigenvalue weighted by molar-refractivity contribution is -0.159. The van der Waals surface area contributed by atoms with Gasteiger partial charge in [-0.1, -0.05) is 80.9 Å². The topological polar surface area (TPSA) is 114 Å². The number of carbonyl (C=O) groups excluding carboxylic acids is 4. The van der Waals surface area contributed by atoms with Gasteiger partial charge in [0, 0.05) is 12.5 Å². The van der Waals surface area contributed by atoms with Crippen LogP contribution in [-0.4, -0.2) is 58.1 Å². The Labute approximate surface area is 262 Å². The molecule has 44 heavy (non-hydrogen) atoms. The SMILES string of the molecule is CCC(C)C(NC(=O)OC(C)(C)C)C(=O)N(C1CC1)C(C(=O)NC(Cc1ccccc1)C(=O)OC(C)(C)C)c1ccccc1. The number of amides is 3. The molecular weight excluding hydrogens is 558 g/mol. The number of benzene rings is 2. The van der Waals surface area contributed by atoms with Gasteiger partial charge in [0.2, 0.25) is 11.8 Å². The van der Waals surface area contributed by atoms with E-state index >= 15 is 0 Å². The van der Waals surface area contributed by atoms with E-state index < -0.39 is 47.3 Å². The number of esters is 1. The third-order valence-electron chi connectivity index (χ3n) is 7.28. The third kappa shape index (κ3) is 10.4.